The molecule has 3 aromatic rings. The second kappa shape index (κ2) is 7.62. The van der Waals surface area contributed by atoms with Crippen LogP contribution in [0.4, 0.5) is 5.69 Å². The largest absolute Gasteiger partial charge is 0.507 e. The quantitative estimate of drug-likeness (QED) is 0.364. The van der Waals surface area contributed by atoms with Crippen LogP contribution in [0.5, 0.6) is 17.2 Å². The molecule has 1 saturated heterocycles. The van der Waals surface area contributed by atoms with E-state index < -0.39 is 17.7 Å². The van der Waals surface area contributed by atoms with E-state index in [1.165, 1.54) is 4.90 Å². The third kappa shape index (κ3) is 3.10. The average Bonchev–Trinajstić information content (AvgIpc) is 3.53. The van der Waals surface area contributed by atoms with Gasteiger partial charge < -0.3 is 19.3 Å². The minimum atomic E-state index is -0.912. The first-order valence-corrected chi connectivity index (χ1v) is 10.9. The number of hydrogen-bond acceptors (Lipinski definition) is 7. The van der Waals surface area contributed by atoms with Gasteiger partial charge in [-0.1, -0.05) is 6.07 Å². The van der Waals surface area contributed by atoms with E-state index in [-0.39, 0.29) is 24.2 Å². The Morgan fingerprint density at radius 2 is 1.85 bits per heavy atom. The number of carbonyl (C=O) groups is 2. The fraction of sp³-hybridized carbons (Fsp3) is 0.192. The van der Waals surface area contributed by atoms with Gasteiger partial charge in [0.1, 0.15) is 23.7 Å². The number of benzene rings is 2. The van der Waals surface area contributed by atoms with E-state index in [1.807, 2.05) is 6.92 Å². The summed E-state index contributed by atoms with van der Waals surface area (Å²) < 4.78 is 16.6. The van der Waals surface area contributed by atoms with Crippen molar-refractivity contribution in [3.05, 3.63) is 83.2 Å². The number of rotatable bonds is 3. The molecule has 0 spiro atoms. The highest BCUT2D eigenvalue weighted by Crippen LogP contribution is 2.44. The van der Waals surface area contributed by atoms with Crippen molar-refractivity contribution in [3.8, 4) is 17.2 Å². The number of aliphatic hydroxyl groups is 1. The summed E-state index contributed by atoms with van der Waals surface area (Å²) in [4.78, 5) is 32.3. The number of hydrogen-bond donors (Lipinski definition) is 1. The Morgan fingerprint density at radius 1 is 1.03 bits per heavy atom. The lowest BCUT2D eigenvalue weighted by molar-refractivity contribution is -0.132. The lowest BCUT2D eigenvalue weighted by Gasteiger charge is -2.24. The molecule has 2 aromatic carbocycles. The molecule has 6 rings (SSSR count). The third-order valence-electron chi connectivity index (χ3n) is 6.22. The Labute approximate surface area is 195 Å². The van der Waals surface area contributed by atoms with Crippen LogP contribution in [0, 0.1) is 0 Å². The molecular weight excluding hydrogens is 436 g/mol. The molecule has 8 nitrogen and oxygen atoms in total. The molecule has 170 valence electrons. The van der Waals surface area contributed by atoms with E-state index in [0.29, 0.717) is 34.9 Å². The second-order valence-corrected chi connectivity index (χ2v) is 8.42. The summed E-state index contributed by atoms with van der Waals surface area (Å²) >= 11 is 0. The van der Waals surface area contributed by atoms with Crippen molar-refractivity contribution in [2.75, 3.05) is 11.7 Å². The number of aliphatic hydroxyl groups excluding tert-OH is 1. The molecule has 1 N–H and O–H groups in total. The molecule has 3 aliphatic heterocycles. The van der Waals surface area contributed by atoms with E-state index in [0.717, 1.165) is 11.3 Å². The molecule has 34 heavy (non-hydrogen) atoms. The number of anilines is 1. The Kier molecular flexibility index (Phi) is 4.55. The zero-order valence-corrected chi connectivity index (χ0v) is 18.2. The summed E-state index contributed by atoms with van der Waals surface area (Å²) in [5, 5.41) is 11.3. The van der Waals surface area contributed by atoms with E-state index in [9.17, 15) is 14.7 Å². The minimum absolute atomic E-state index is 0.0201. The Bertz CT molecular complexity index is 1370. The van der Waals surface area contributed by atoms with Crippen LogP contribution in [0.15, 0.2) is 66.4 Å². The molecule has 2 unspecified atom stereocenters. The minimum Gasteiger partial charge on any atom is -0.507 e. The average molecular weight is 456 g/mol. The molecule has 1 fully saturated rings. The monoisotopic (exact) mass is 456 g/mol. The smallest absolute Gasteiger partial charge is 0.300 e. The predicted octanol–water partition coefficient (Wildman–Crippen LogP) is 3.76. The zero-order valence-electron chi connectivity index (χ0n) is 18.2. The number of ketones is 1. The highest BCUT2D eigenvalue weighted by molar-refractivity contribution is 6.51. The molecule has 1 aromatic heterocycles. The topological polar surface area (TPSA) is 98.2 Å². The number of pyridine rings is 1. The van der Waals surface area contributed by atoms with Crippen LogP contribution in [-0.4, -0.2) is 34.7 Å². The van der Waals surface area contributed by atoms with Gasteiger partial charge in [-0.2, -0.15) is 0 Å². The van der Waals surface area contributed by atoms with E-state index in [2.05, 4.69) is 4.98 Å². The summed E-state index contributed by atoms with van der Waals surface area (Å²) in [7, 11) is 0. The number of ether oxygens (including phenoxy) is 3. The molecule has 3 aliphatic rings. The molecule has 2 atom stereocenters. The summed E-state index contributed by atoms with van der Waals surface area (Å²) in [5.41, 5.74) is 2.27. The molecule has 4 heterocycles. The van der Waals surface area contributed by atoms with Crippen molar-refractivity contribution < 1.29 is 28.9 Å². The van der Waals surface area contributed by atoms with E-state index in [1.54, 1.807) is 60.8 Å². The highest BCUT2D eigenvalue weighted by atomic mass is 16.7. The molecule has 8 heteroatoms. The fourth-order valence-electron chi connectivity index (χ4n) is 4.68. The highest BCUT2D eigenvalue weighted by Gasteiger charge is 2.48. The van der Waals surface area contributed by atoms with Crippen molar-refractivity contribution in [1.82, 2.24) is 4.98 Å². The molecule has 0 radical (unpaired) electrons. The predicted molar refractivity (Wildman–Crippen MR) is 122 cm³/mol. The Hall–Kier alpha value is -4.33. The molecular formula is C26H20N2O6. The number of aromatic nitrogens is 1. The van der Waals surface area contributed by atoms with Crippen molar-refractivity contribution in [1.29, 1.82) is 0 Å². The van der Waals surface area contributed by atoms with Gasteiger partial charge in [0, 0.05) is 29.9 Å². The maximum Gasteiger partial charge on any atom is 0.300 e. The maximum absolute atomic E-state index is 13.3. The van der Waals surface area contributed by atoms with Gasteiger partial charge in [-0.15, -0.1) is 0 Å². The van der Waals surface area contributed by atoms with Gasteiger partial charge >= 0.3 is 0 Å². The van der Waals surface area contributed by atoms with E-state index in [4.69, 9.17) is 14.2 Å². The van der Waals surface area contributed by atoms with Crippen LogP contribution in [0.1, 0.15) is 29.8 Å². The van der Waals surface area contributed by atoms with Gasteiger partial charge in [-0.25, -0.2) is 0 Å². The molecule has 0 saturated carbocycles. The number of amides is 1. The maximum atomic E-state index is 13.3. The number of Topliss-reactive ketones (excluding diaryl/α,β-unsaturated/α-hetero) is 1. The van der Waals surface area contributed by atoms with Crippen LogP contribution in [0.3, 0.4) is 0 Å². The van der Waals surface area contributed by atoms with Crippen molar-refractivity contribution >= 4 is 23.1 Å². The number of nitrogens with zero attached hydrogens (tertiary/aromatic N) is 2. The van der Waals surface area contributed by atoms with Crippen molar-refractivity contribution in [2.24, 2.45) is 0 Å². The molecule has 1 amide bonds. The van der Waals surface area contributed by atoms with Gasteiger partial charge in [0.25, 0.3) is 11.7 Å². The third-order valence-corrected chi connectivity index (χ3v) is 6.22. The summed E-state index contributed by atoms with van der Waals surface area (Å²) in [6, 6.07) is 14.6. The Balaban J connectivity index is 1.51. The van der Waals surface area contributed by atoms with Gasteiger partial charge in [0.05, 0.1) is 11.3 Å². The molecule has 0 bridgehead atoms. The van der Waals surface area contributed by atoms with Crippen LogP contribution in [0.2, 0.25) is 0 Å². The number of carbonyl (C=O) groups excluding carboxylic acids is 2. The van der Waals surface area contributed by atoms with Gasteiger partial charge in [-0.3, -0.25) is 19.5 Å². The standard InChI is InChI=1S/C26H20N2O6/c1-14-10-16-11-15(5-7-19(16)34-14)24(29)22-23(18-4-2-3-9-27-18)28(26(31)25(22)30)17-6-8-20-21(12-17)33-13-32-20/h2-9,11-12,14,23,29H,10,13H2,1H3/b24-22+. The SMILES string of the molecule is CC1Cc2cc(/C(O)=C3\C(=O)C(=O)N(c4ccc5c(c4)OCO5)C3c3ccccn3)ccc2O1. The first kappa shape index (κ1) is 20.3. The van der Waals surface area contributed by atoms with Gasteiger partial charge in [-0.05, 0) is 55.0 Å². The summed E-state index contributed by atoms with van der Waals surface area (Å²) in [6.45, 7) is 2.06. The van der Waals surface area contributed by atoms with Crippen molar-refractivity contribution in [3.63, 3.8) is 0 Å². The first-order valence-electron chi connectivity index (χ1n) is 10.9. The van der Waals surface area contributed by atoms with Crippen LogP contribution in [0.25, 0.3) is 5.76 Å². The lowest BCUT2D eigenvalue weighted by atomic mass is 9.96. The lowest BCUT2D eigenvalue weighted by Crippen LogP contribution is -2.29. The molecule has 0 aliphatic carbocycles. The van der Waals surface area contributed by atoms with Crippen LogP contribution >= 0.6 is 0 Å². The van der Waals surface area contributed by atoms with Gasteiger partial charge in [0.15, 0.2) is 11.5 Å². The Morgan fingerprint density at radius 3 is 2.68 bits per heavy atom. The fourth-order valence-corrected chi connectivity index (χ4v) is 4.68. The van der Waals surface area contributed by atoms with Crippen LogP contribution < -0.4 is 19.1 Å². The van der Waals surface area contributed by atoms with E-state index >= 15 is 0 Å². The normalized spacial score (nSPS) is 22.1. The summed E-state index contributed by atoms with van der Waals surface area (Å²) in [5.74, 6) is 0.00656. The van der Waals surface area contributed by atoms with Crippen molar-refractivity contribution in [2.45, 2.75) is 25.5 Å². The van der Waals surface area contributed by atoms with Crippen LogP contribution in [-0.2, 0) is 16.0 Å². The zero-order chi connectivity index (χ0) is 23.4. The second-order valence-electron chi connectivity index (χ2n) is 8.42. The van der Waals surface area contributed by atoms with Gasteiger partial charge in [0.2, 0.25) is 6.79 Å². The first-order chi connectivity index (χ1) is 16.5. The summed E-state index contributed by atoms with van der Waals surface area (Å²) in [6.07, 6.45) is 2.33. The number of fused-ring (bicyclic) bond motifs is 2.